The zero-order valence-corrected chi connectivity index (χ0v) is 19.6. The molecule has 0 spiro atoms. The molecular weight excluding hydrogens is 466 g/mol. The van der Waals surface area contributed by atoms with Crippen molar-refractivity contribution in [2.75, 3.05) is 5.32 Å². The van der Waals surface area contributed by atoms with Crippen LogP contribution in [0.3, 0.4) is 0 Å². The van der Waals surface area contributed by atoms with Crippen LogP contribution >= 0.6 is 11.6 Å². The van der Waals surface area contributed by atoms with E-state index >= 15 is 0 Å². The molecule has 0 aliphatic carbocycles. The lowest BCUT2D eigenvalue weighted by Gasteiger charge is -2.09. The van der Waals surface area contributed by atoms with Gasteiger partial charge in [-0.2, -0.15) is 5.10 Å². The summed E-state index contributed by atoms with van der Waals surface area (Å²) in [5.74, 6) is 1.03. The van der Waals surface area contributed by atoms with Crippen LogP contribution in [0, 0.1) is 6.92 Å². The number of ether oxygens (including phenoxy) is 1. The molecule has 0 unspecified atom stereocenters. The minimum absolute atomic E-state index is 0.206. The second-order valence-corrected chi connectivity index (χ2v) is 7.98. The fraction of sp³-hybridized carbons (Fsp3) is 0.0741. The van der Waals surface area contributed by atoms with Crippen molar-refractivity contribution < 1.29 is 18.7 Å². The van der Waals surface area contributed by atoms with Gasteiger partial charge in [-0.25, -0.2) is 5.43 Å². The maximum Gasteiger partial charge on any atom is 0.271 e. The molecule has 4 rings (SSSR count). The summed E-state index contributed by atoms with van der Waals surface area (Å²) in [6.07, 6.45) is 1.40. The Bertz CT molecular complexity index is 1330. The minimum Gasteiger partial charge on any atom is -0.484 e. The molecule has 0 atom stereocenters. The molecule has 0 bridgehead atoms. The zero-order chi connectivity index (χ0) is 24.6. The second-order valence-electron chi connectivity index (χ2n) is 7.58. The molecule has 1 heterocycles. The van der Waals surface area contributed by atoms with E-state index in [1.807, 2.05) is 25.1 Å². The highest BCUT2D eigenvalue weighted by molar-refractivity contribution is 6.32. The predicted molar refractivity (Wildman–Crippen MR) is 135 cm³/mol. The largest absolute Gasteiger partial charge is 0.484 e. The van der Waals surface area contributed by atoms with Crippen LogP contribution in [0.15, 0.2) is 94.4 Å². The first-order chi connectivity index (χ1) is 17.0. The quantitative estimate of drug-likeness (QED) is 0.241. The molecule has 35 heavy (non-hydrogen) atoms. The van der Waals surface area contributed by atoms with Crippen LogP contribution in [0.5, 0.6) is 5.75 Å². The third-order valence-electron chi connectivity index (χ3n) is 5.00. The first-order valence-electron chi connectivity index (χ1n) is 10.8. The molecule has 0 aliphatic rings. The number of carbonyl (C=O) groups is 2. The van der Waals surface area contributed by atoms with Crippen molar-refractivity contribution in [3.8, 4) is 5.75 Å². The smallest absolute Gasteiger partial charge is 0.271 e. The lowest BCUT2D eigenvalue weighted by atomic mass is 10.2. The van der Waals surface area contributed by atoms with Crippen LogP contribution in [0.25, 0.3) is 0 Å². The molecule has 2 amide bonds. The summed E-state index contributed by atoms with van der Waals surface area (Å²) >= 11 is 6.17. The highest BCUT2D eigenvalue weighted by Crippen LogP contribution is 2.28. The Kier molecular flexibility index (Phi) is 7.60. The van der Waals surface area contributed by atoms with E-state index in [9.17, 15) is 9.59 Å². The molecule has 8 heteroatoms. The van der Waals surface area contributed by atoms with E-state index in [1.165, 1.54) is 6.21 Å². The van der Waals surface area contributed by atoms with Gasteiger partial charge in [-0.3, -0.25) is 9.59 Å². The summed E-state index contributed by atoms with van der Waals surface area (Å²) in [6.45, 7) is 2.12. The molecular formula is C27H22ClN3O4. The Morgan fingerprint density at radius 2 is 1.66 bits per heavy atom. The Morgan fingerprint density at radius 3 is 2.40 bits per heavy atom. The molecule has 0 radical (unpaired) electrons. The number of furan rings is 1. The number of amides is 2. The van der Waals surface area contributed by atoms with Gasteiger partial charge in [-0.15, -0.1) is 0 Å². The van der Waals surface area contributed by atoms with Crippen LogP contribution in [0.1, 0.15) is 37.8 Å². The monoisotopic (exact) mass is 487 g/mol. The van der Waals surface area contributed by atoms with Gasteiger partial charge < -0.3 is 14.5 Å². The van der Waals surface area contributed by atoms with E-state index in [0.29, 0.717) is 39.1 Å². The first-order valence-corrected chi connectivity index (χ1v) is 11.1. The number of rotatable bonds is 8. The summed E-state index contributed by atoms with van der Waals surface area (Å²) in [7, 11) is 0. The maximum absolute atomic E-state index is 12.3. The standard InChI is InChI=1S/C27H22ClN3O4/c1-18-6-5-9-24(28)25(18)34-17-23-15-14-22(35-23)16-29-31-27(33)20-10-12-21(13-11-20)30-26(32)19-7-3-2-4-8-19/h2-16H,17H2,1H3,(H,30,32)(H,31,33)/b29-16-. The number of carbonyl (C=O) groups excluding carboxylic acids is 2. The topological polar surface area (TPSA) is 92.9 Å². The molecule has 0 saturated carbocycles. The van der Waals surface area contributed by atoms with Crippen molar-refractivity contribution in [1.29, 1.82) is 0 Å². The first kappa shape index (κ1) is 23.8. The number of hydrazone groups is 1. The van der Waals surface area contributed by atoms with Crippen molar-refractivity contribution in [2.24, 2.45) is 5.10 Å². The van der Waals surface area contributed by atoms with Gasteiger partial charge in [-0.1, -0.05) is 41.9 Å². The van der Waals surface area contributed by atoms with E-state index in [4.69, 9.17) is 20.8 Å². The molecule has 4 aromatic rings. The molecule has 0 aliphatic heterocycles. The summed E-state index contributed by atoms with van der Waals surface area (Å²) in [6, 6.07) is 24.4. The fourth-order valence-electron chi connectivity index (χ4n) is 3.20. The highest BCUT2D eigenvalue weighted by atomic mass is 35.5. The van der Waals surface area contributed by atoms with Crippen LogP contribution in [0.2, 0.25) is 5.02 Å². The van der Waals surface area contributed by atoms with Crippen molar-refractivity contribution in [3.63, 3.8) is 0 Å². The number of hydrogen-bond acceptors (Lipinski definition) is 5. The Balaban J connectivity index is 1.28. The van der Waals surface area contributed by atoms with Gasteiger partial charge >= 0.3 is 0 Å². The number of halogens is 1. The van der Waals surface area contributed by atoms with Crippen molar-refractivity contribution >= 4 is 35.3 Å². The summed E-state index contributed by atoms with van der Waals surface area (Å²) < 4.78 is 11.4. The molecule has 2 N–H and O–H groups in total. The number of para-hydroxylation sites is 1. The Hall–Kier alpha value is -4.36. The molecule has 1 aromatic heterocycles. The van der Waals surface area contributed by atoms with Gasteiger partial charge in [0, 0.05) is 16.8 Å². The van der Waals surface area contributed by atoms with Crippen LogP contribution in [-0.4, -0.2) is 18.0 Å². The number of benzene rings is 3. The zero-order valence-electron chi connectivity index (χ0n) is 18.8. The van der Waals surface area contributed by atoms with E-state index in [-0.39, 0.29) is 12.5 Å². The fourth-order valence-corrected chi connectivity index (χ4v) is 3.48. The SMILES string of the molecule is Cc1cccc(Cl)c1OCc1ccc(/C=N\NC(=O)c2ccc(NC(=O)c3ccccc3)cc2)o1. The van der Waals surface area contributed by atoms with Crippen molar-refractivity contribution in [1.82, 2.24) is 5.43 Å². The van der Waals surface area contributed by atoms with Gasteiger partial charge in [0.1, 0.15) is 23.9 Å². The van der Waals surface area contributed by atoms with Gasteiger partial charge in [-0.05, 0) is 67.1 Å². The molecule has 0 fully saturated rings. The lowest BCUT2D eigenvalue weighted by Crippen LogP contribution is -2.17. The average Bonchev–Trinajstić information content (AvgIpc) is 3.32. The third kappa shape index (κ3) is 6.37. The van der Waals surface area contributed by atoms with E-state index < -0.39 is 5.91 Å². The molecule has 7 nitrogen and oxygen atoms in total. The lowest BCUT2D eigenvalue weighted by molar-refractivity contribution is 0.0954. The molecule has 3 aromatic carbocycles. The normalized spacial score (nSPS) is 10.8. The van der Waals surface area contributed by atoms with Gasteiger partial charge in [0.15, 0.2) is 0 Å². The Labute approximate surface area is 207 Å². The number of nitrogens with one attached hydrogen (secondary N) is 2. The van der Waals surface area contributed by atoms with Gasteiger partial charge in [0.05, 0.1) is 11.2 Å². The van der Waals surface area contributed by atoms with E-state index in [1.54, 1.807) is 66.7 Å². The van der Waals surface area contributed by atoms with Crippen molar-refractivity contribution in [2.45, 2.75) is 13.5 Å². The second kappa shape index (κ2) is 11.2. The van der Waals surface area contributed by atoms with Crippen LogP contribution < -0.4 is 15.5 Å². The number of hydrogen-bond donors (Lipinski definition) is 2. The molecule has 176 valence electrons. The summed E-state index contributed by atoms with van der Waals surface area (Å²) in [5, 5.41) is 7.26. The number of anilines is 1. The van der Waals surface area contributed by atoms with E-state index in [2.05, 4.69) is 15.8 Å². The predicted octanol–water partition coefficient (Wildman–Crippen LogP) is 5.84. The minimum atomic E-state index is -0.397. The van der Waals surface area contributed by atoms with Crippen LogP contribution in [0.4, 0.5) is 5.69 Å². The van der Waals surface area contributed by atoms with Crippen LogP contribution in [-0.2, 0) is 6.61 Å². The third-order valence-corrected chi connectivity index (χ3v) is 5.30. The van der Waals surface area contributed by atoms with Gasteiger partial charge in [0.2, 0.25) is 0 Å². The van der Waals surface area contributed by atoms with Gasteiger partial charge in [0.25, 0.3) is 11.8 Å². The summed E-state index contributed by atoms with van der Waals surface area (Å²) in [4.78, 5) is 24.6. The summed E-state index contributed by atoms with van der Waals surface area (Å²) in [5.41, 5.74) is 4.90. The highest BCUT2D eigenvalue weighted by Gasteiger charge is 2.09. The van der Waals surface area contributed by atoms with E-state index in [0.717, 1.165) is 5.56 Å². The number of nitrogens with zero attached hydrogens (tertiary/aromatic N) is 1. The Morgan fingerprint density at radius 1 is 0.914 bits per heavy atom. The average molecular weight is 488 g/mol. The maximum atomic E-state index is 12.3. The number of aryl methyl sites for hydroxylation is 1. The van der Waals surface area contributed by atoms with Crippen molar-refractivity contribution in [3.05, 3.63) is 118 Å². The molecule has 0 saturated heterocycles.